The molecule has 224 valence electrons. The van der Waals surface area contributed by atoms with Gasteiger partial charge >= 0.3 is 6.18 Å². The largest absolute Gasteiger partial charge is 0.433 e. The number of carbonyl (C=O) groups excluding carboxylic acids is 2. The molecule has 0 unspecified atom stereocenters. The molecule has 5 heterocycles. The summed E-state index contributed by atoms with van der Waals surface area (Å²) in [6.07, 6.45) is -0.629. The number of likely N-dealkylation sites (tertiary alicyclic amines) is 1. The van der Waals surface area contributed by atoms with Crippen molar-refractivity contribution in [1.29, 1.82) is 0 Å². The molecule has 5 aromatic rings. The molecule has 1 aromatic carbocycles. The molecule has 14 heteroatoms. The number of halogens is 4. The number of amides is 2. The van der Waals surface area contributed by atoms with E-state index in [9.17, 15) is 22.8 Å². The van der Waals surface area contributed by atoms with Gasteiger partial charge in [0.25, 0.3) is 0 Å². The molecule has 2 amide bonds. The highest BCUT2D eigenvalue weighted by atomic mass is 79.9. The predicted molar refractivity (Wildman–Crippen MR) is 160 cm³/mol. The maximum absolute atomic E-state index is 14.0. The highest BCUT2D eigenvalue weighted by Gasteiger charge is 2.56. The molecule has 0 bridgehead atoms. The van der Waals surface area contributed by atoms with E-state index in [1.54, 1.807) is 33.7 Å². The average molecular weight is 665 g/mol. The van der Waals surface area contributed by atoms with Crippen molar-refractivity contribution in [2.75, 3.05) is 11.1 Å². The zero-order chi connectivity index (χ0) is 30.9. The Kier molecular flexibility index (Phi) is 6.57. The van der Waals surface area contributed by atoms with Gasteiger partial charge < -0.3 is 20.5 Å². The number of aromatic nitrogens is 5. The van der Waals surface area contributed by atoms with Crippen LogP contribution in [-0.2, 0) is 22.3 Å². The maximum Gasteiger partial charge on any atom is 0.433 e. The first-order chi connectivity index (χ1) is 21.0. The average Bonchev–Trinajstić information content (AvgIpc) is 3.51. The Labute approximate surface area is 256 Å². The van der Waals surface area contributed by atoms with Gasteiger partial charge in [0.1, 0.15) is 46.5 Å². The second-order valence-electron chi connectivity index (χ2n) is 11.1. The number of carbonyl (C=O) groups is 2. The number of alkyl halides is 3. The molecule has 0 spiro atoms. The van der Waals surface area contributed by atoms with Gasteiger partial charge in [0.05, 0.1) is 10.9 Å². The minimum atomic E-state index is -4.55. The number of piperidine rings is 1. The summed E-state index contributed by atoms with van der Waals surface area (Å²) >= 11 is 3.31. The van der Waals surface area contributed by atoms with E-state index in [0.29, 0.717) is 49.9 Å². The summed E-state index contributed by atoms with van der Waals surface area (Å²) < 4.78 is 41.6. The van der Waals surface area contributed by atoms with Crippen molar-refractivity contribution in [3.8, 4) is 11.1 Å². The van der Waals surface area contributed by atoms with Gasteiger partial charge in [0.15, 0.2) is 0 Å². The molecule has 2 aliphatic rings. The van der Waals surface area contributed by atoms with Crippen molar-refractivity contribution in [2.45, 2.75) is 44.6 Å². The lowest BCUT2D eigenvalue weighted by Gasteiger charge is -2.27. The second-order valence-corrected chi connectivity index (χ2v) is 11.9. The number of fused-ring (bicyclic) bond motifs is 4. The van der Waals surface area contributed by atoms with E-state index in [4.69, 9.17) is 5.73 Å². The topological polar surface area (TPSA) is 132 Å². The number of rotatable bonds is 5. The summed E-state index contributed by atoms with van der Waals surface area (Å²) in [5.41, 5.74) is 8.33. The summed E-state index contributed by atoms with van der Waals surface area (Å²) in [6.45, 7) is 1.75. The number of nitrogens with two attached hydrogens (primary N) is 1. The standard InChI is InChI=1S/C30H24BrF3N8O2/c1-14-7-16(15-5-6-21(36-11-15)30(32,33)34)8-18-25-27(35)37-13-38-28(25)41(26(14)18)12-24(43)42-19-9-17(19)10-20(42)29(44)40-23-4-2-3-22(31)39-23/h2-8,11,13,17,19-20H,9-10,12H2,1H3,(H2,35,37,38)(H,39,40,44)/t17-,19-,20+/m1/s1. The Hall–Kier alpha value is -4.59. The van der Waals surface area contributed by atoms with Crippen molar-refractivity contribution in [1.82, 2.24) is 29.4 Å². The molecular formula is C30H24BrF3N8O2. The van der Waals surface area contributed by atoms with Gasteiger partial charge in [-0.3, -0.25) is 14.6 Å². The van der Waals surface area contributed by atoms with E-state index in [-0.39, 0.29) is 36.1 Å². The van der Waals surface area contributed by atoms with Crippen molar-refractivity contribution >= 4 is 61.3 Å². The smallest absolute Gasteiger partial charge is 0.383 e. The van der Waals surface area contributed by atoms with E-state index < -0.39 is 17.9 Å². The highest BCUT2D eigenvalue weighted by molar-refractivity contribution is 9.10. The van der Waals surface area contributed by atoms with Crippen molar-refractivity contribution in [2.24, 2.45) is 5.92 Å². The molecule has 4 aromatic heterocycles. The number of nitrogen functional groups attached to an aromatic ring is 1. The molecule has 1 aliphatic carbocycles. The summed E-state index contributed by atoms with van der Waals surface area (Å²) in [5.74, 6) is 0.333. The van der Waals surface area contributed by atoms with E-state index in [0.717, 1.165) is 18.1 Å². The van der Waals surface area contributed by atoms with Crippen LogP contribution < -0.4 is 11.1 Å². The van der Waals surface area contributed by atoms with Gasteiger partial charge in [0.2, 0.25) is 11.8 Å². The molecular weight excluding hydrogens is 641 g/mol. The first-order valence-corrected chi connectivity index (χ1v) is 14.6. The zero-order valence-corrected chi connectivity index (χ0v) is 24.7. The molecule has 1 aliphatic heterocycles. The van der Waals surface area contributed by atoms with Crippen LogP contribution in [0.5, 0.6) is 0 Å². The summed E-state index contributed by atoms with van der Waals surface area (Å²) in [5, 5.41) is 4.02. The van der Waals surface area contributed by atoms with Gasteiger partial charge in [-0.2, -0.15) is 13.2 Å². The third-order valence-corrected chi connectivity index (χ3v) is 8.74. The van der Waals surface area contributed by atoms with Crippen LogP contribution in [-0.4, -0.2) is 53.3 Å². The normalized spacial score (nSPS) is 19.4. The van der Waals surface area contributed by atoms with E-state index in [2.05, 4.69) is 41.2 Å². The molecule has 44 heavy (non-hydrogen) atoms. The van der Waals surface area contributed by atoms with Crippen LogP contribution in [0.25, 0.3) is 33.1 Å². The number of benzene rings is 1. The van der Waals surface area contributed by atoms with Crippen LogP contribution in [0.4, 0.5) is 24.8 Å². The number of hydrogen-bond acceptors (Lipinski definition) is 7. The molecule has 7 rings (SSSR count). The molecule has 10 nitrogen and oxygen atoms in total. The molecule has 3 atom stereocenters. The first-order valence-electron chi connectivity index (χ1n) is 13.8. The Balaban J connectivity index is 1.25. The Bertz CT molecular complexity index is 1980. The summed E-state index contributed by atoms with van der Waals surface area (Å²) in [7, 11) is 0. The Morgan fingerprint density at radius 3 is 2.64 bits per heavy atom. The zero-order valence-electron chi connectivity index (χ0n) is 23.1. The number of aryl methyl sites for hydroxylation is 1. The van der Waals surface area contributed by atoms with E-state index in [1.807, 2.05) is 13.0 Å². The van der Waals surface area contributed by atoms with Gasteiger partial charge in [-0.05, 0) is 83.1 Å². The van der Waals surface area contributed by atoms with Crippen LogP contribution in [0.15, 0.2) is 59.6 Å². The van der Waals surface area contributed by atoms with E-state index >= 15 is 0 Å². The lowest BCUT2D eigenvalue weighted by Crippen LogP contribution is -2.46. The Morgan fingerprint density at radius 2 is 1.91 bits per heavy atom. The number of nitrogens with one attached hydrogen (secondary N) is 1. The molecule has 1 saturated carbocycles. The first kappa shape index (κ1) is 28.2. The van der Waals surface area contributed by atoms with Gasteiger partial charge in [0, 0.05) is 23.2 Å². The van der Waals surface area contributed by atoms with Crippen molar-refractivity contribution in [3.63, 3.8) is 0 Å². The minimum Gasteiger partial charge on any atom is -0.383 e. The van der Waals surface area contributed by atoms with Gasteiger partial charge in [-0.15, -0.1) is 0 Å². The van der Waals surface area contributed by atoms with E-state index in [1.165, 1.54) is 18.6 Å². The molecule has 2 fully saturated rings. The number of nitrogens with zero attached hydrogens (tertiary/aromatic N) is 6. The number of hydrogen-bond donors (Lipinski definition) is 2. The second kappa shape index (κ2) is 10.3. The fourth-order valence-corrected chi connectivity index (χ4v) is 6.64. The van der Waals surface area contributed by atoms with Crippen LogP contribution in [0.1, 0.15) is 24.1 Å². The monoisotopic (exact) mass is 664 g/mol. The quantitative estimate of drug-likeness (QED) is 0.242. The lowest BCUT2D eigenvalue weighted by molar-refractivity contribution is -0.141. The lowest BCUT2D eigenvalue weighted by atomic mass is 10.0. The SMILES string of the molecule is Cc1cc(-c2ccc(C(F)(F)F)nc2)cc2c3c(N)ncnc3n(CC(=O)N3[C@@H]4C[C@@H]4C[C@H]3C(=O)Nc3cccc(Br)n3)c12. The van der Waals surface area contributed by atoms with Gasteiger partial charge in [-0.1, -0.05) is 12.1 Å². The highest BCUT2D eigenvalue weighted by Crippen LogP contribution is 2.48. The fraction of sp³-hybridized carbons (Fsp3) is 0.267. The van der Waals surface area contributed by atoms with Crippen LogP contribution in [0, 0.1) is 12.8 Å². The van der Waals surface area contributed by atoms with Crippen LogP contribution in [0.3, 0.4) is 0 Å². The van der Waals surface area contributed by atoms with Gasteiger partial charge in [-0.25, -0.2) is 15.0 Å². The number of pyridine rings is 2. The van der Waals surface area contributed by atoms with Crippen molar-refractivity contribution < 1.29 is 22.8 Å². The number of anilines is 2. The fourth-order valence-electron chi connectivity index (χ4n) is 6.29. The van der Waals surface area contributed by atoms with Crippen LogP contribution in [0.2, 0.25) is 0 Å². The van der Waals surface area contributed by atoms with Crippen LogP contribution >= 0.6 is 15.9 Å². The van der Waals surface area contributed by atoms with Crippen molar-refractivity contribution in [3.05, 3.63) is 70.8 Å². The Morgan fingerprint density at radius 1 is 1.09 bits per heavy atom. The molecule has 3 N–H and O–H groups in total. The summed E-state index contributed by atoms with van der Waals surface area (Å²) in [6, 6.07) is 10.5. The minimum absolute atomic E-state index is 0.0126. The molecule has 1 saturated heterocycles. The third kappa shape index (κ3) is 4.82. The summed E-state index contributed by atoms with van der Waals surface area (Å²) in [4.78, 5) is 45.5. The predicted octanol–water partition coefficient (Wildman–Crippen LogP) is 5.34. The third-order valence-electron chi connectivity index (χ3n) is 8.29. The molecule has 0 radical (unpaired) electrons. The maximum atomic E-state index is 14.0.